The predicted molar refractivity (Wildman–Crippen MR) is 197 cm³/mol. The Hall–Kier alpha value is -3.80. The Kier molecular flexibility index (Phi) is 12.9. The third-order valence-corrected chi connectivity index (χ3v) is 11.5. The minimum atomic E-state index is -1.25. The van der Waals surface area contributed by atoms with Crippen molar-refractivity contribution >= 4 is 39.6 Å². The van der Waals surface area contributed by atoms with E-state index in [1.807, 2.05) is 67.6 Å². The van der Waals surface area contributed by atoms with Crippen molar-refractivity contribution in [3.05, 3.63) is 97.1 Å². The van der Waals surface area contributed by atoms with Crippen molar-refractivity contribution in [1.82, 2.24) is 14.7 Å². The Balaban J connectivity index is 1.48. The van der Waals surface area contributed by atoms with Gasteiger partial charge in [-0.1, -0.05) is 88.7 Å². The van der Waals surface area contributed by atoms with Gasteiger partial charge in [0.05, 0.1) is 24.0 Å². The van der Waals surface area contributed by atoms with Crippen molar-refractivity contribution < 1.29 is 33.8 Å². The van der Waals surface area contributed by atoms with Crippen LogP contribution in [0.1, 0.15) is 62.7 Å². The van der Waals surface area contributed by atoms with E-state index >= 15 is 0 Å². The van der Waals surface area contributed by atoms with Gasteiger partial charge in [-0.05, 0) is 50.2 Å². The van der Waals surface area contributed by atoms with Gasteiger partial charge < -0.3 is 29.3 Å². The number of likely N-dealkylation sites (tertiary alicyclic amines) is 1. The summed E-state index contributed by atoms with van der Waals surface area (Å²) in [5.74, 6) is -3.18. The van der Waals surface area contributed by atoms with Gasteiger partial charge in [-0.15, -0.1) is 13.2 Å². The van der Waals surface area contributed by atoms with E-state index in [4.69, 9.17) is 9.47 Å². The minimum absolute atomic E-state index is 0.0348. The second-order valence-electron chi connectivity index (χ2n) is 13.8. The van der Waals surface area contributed by atoms with Crippen molar-refractivity contribution in [1.29, 1.82) is 0 Å². The minimum Gasteiger partial charge on any atom is -0.455 e. The number of amides is 3. The smallest absolute Gasteiger partial charge is 0.313 e. The third kappa shape index (κ3) is 7.85. The molecule has 8 atom stereocenters. The van der Waals surface area contributed by atoms with E-state index in [1.165, 1.54) is 0 Å². The monoisotopic (exact) mass is 763 g/mol. The number of nitrogens with zero attached hydrogens (tertiary/aromatic N) is 3. The SMILES string of the molecule is C=CCCC(=O)N(C)[C@H](C)[C@H](OC(=O)[C@@H]1[C@H]2O[C@@]3(CC2Br)[C@H](C(=O)N(CC=C)Cc2ccccc2)N(CCCCCO)C(=O)[C@@H]13)c1ccccc1. The summed E-state index contributed by atoms with van der Waals surface area (Å²) >= 11 is 3.76. The molecule has 5 rings (SSSR count). The molecule has 51 heavy (non-hydrogen) atoms. The number of aliphatic hydroxyl groups is 1. The van der Waals surface area contributed by atoms with Crippen LogP contribution in [0.2, 0.25) is 0 Å². The number of esters is 1. The maximum Gasteiger partial charge on any atom is 0.313 e. The quantitative estimate of drug-likeness (QED) is 0.0960. The summed E-state index contributed by atoms with van der Waals surface area (Å²) in [6.45, 7) is 10.3. The molecule has 3 heterocycles. The topological polar surface area (TPSA) is 117 Å². The second-order valence-corrected chi connectivity index (χ2v) is 15.0. The van der Waals surface area contributed by atoms with Crippen molar-refractivity contribution in [2.45, 2.75) is 86.7 Å². The lowest BCUT2D eigenvalue weighted by atomic mass is 9.70. The number of carbonyl (C=O) groups excluding carboxylic acids is 4. The lowest BCUT2D eigenvalue weighted by molar-refractivity contribution is -0.164. The first kappa shape index (κ1) is 38.4. The molecule has 1 N–H and O–H groups in total. The lowest BCUT2D eigenvalue weighted by Gasteiger charge is -2.37. The molecule has 0 radical (unpaired) electrons. The van der Waals surface area contributed by atoms with Crippen molar-refractivity contribution in [2.75, 3.05) is 26.7 Å². The molecule has 2 aromatic rings. The molecular formula is C40H50BrN3O7. The van der Waals surface area contributed by atoms with Crippen LogP contribution >= 0.6 is 15.9 Å². The number of hydrogen-bond acceptors (Lipinski definition) is 7. The number of carbonyl (C=O) groups is 4. The molecule has 0 aliphatic carbocycles. The first-order chi connectivity index (χ1) is 24.6. The number of likely N-dealkylation sites (N-methyl/N-ethyl adjacent to an activating group) is 1. The maximum absolute atomic E-state index is 14.7. The highest BCUT2D eigenvalue weighted by Crippen LogP contribution is 2.60. The van der Waals surface area contributed by atoms with Gasteiger partial charge in [-0.2, -0.15) is 0 Å². The summed E-state index contributed by atoms with van der Waals surface area (Å²) in [5, 5.41) is 9.41. The molecule has 10 nitrogen and oxygen atoms in total. The van der Waals surface area contributed by atoms with E-state index in [0.29, 0.717) is 44.2 Å². The Morgan fingerprint density at radius 3 is 2.41 bits per heavy atom. The number of ether oxygens (including phenoxy) is 2. The molecule has 3 amide bonds. The zero-order valence-electron chi connectivity index (χ0n) is 29.6. The average molecular weight is 765 g/mol. The van der Waals surface area contributed by atoms with E-state index in [9.17, 15) is 24.3 Å². The summed E-state index contributed by atoms with van der Waals surface area (Å²) in [4.78, 5) is 61.5. The van der Waals surface area contributed by atoms with Crippen LogP contribution < -0.4 is 0 Å². The van der Waals surface area contributed by atoms with E-state index in [1.54, 1.807) is 33.9 Å². The largest absolute Gasteiger partial charge is 0.455 e. The molecule has 0 aromatic heterocycles. The molecule has 3 aliphatic rings. The van der Waals surface area contributed by atoms with Gasteiger partial charge in [0.15, 0.2) is 0 Å². The molecule has 1 spiro atoms. The fourth-order valence-electron chi connectivity index (χ4n) is 7.98. The van der Waals surface area contributed by atoms with Gasteiger partial charge in [-0.25, -0.2) is 0 Å². The second kappa shape index (κ2) is 17.1. The maximum atomic E-state index is 14.7. The number of hydrogen-bond donors (Lipinski definition) is 1. The molecule has 3 fully saturated rings. The van der Waals surface area contributed by atoms with Crippen LogP contribution in [0.4, 0.5) is 0 Å². The molecule has 0 saturated carbocycles. The highest BCUT2D eigenvalue weighted by Gasteiger charge is 2.77. The van der Waals surface area contributed by atoms with Gasteiger partial charge in [0.1, 0.15) is 17.7 Å². The van der Waals surface area contributed by atoms with Gasteiger partial charge >= 0.3 is 5.97 Å². The van der Waals surface area contributed by atoms with Crippen LogP contribution in [0.3, 0.4) is 0 Å². The number of unbranched alkanes of at least 4 members (excludes halogenated alkanes) is 2. The molecule has 1 unspecified atom stereocenters. The number of halogens is 1. The van der Waals surface area contributed by atoms with Crippen LogP contribution in [-0.4, -0.2) is 98.9 Å². The van der Waals surface area contributed by atoms with Crippen LogP contribution in [0, 0.1) is 11.8 Å². The van der Waals surface area contributed by atoms with E-state index < -0.39 is 47.7 Å². The van der Waals surface area contributed by atoms with Gasteiger partial charge in [-0.3, -0.25) is 19.2 Å². The Morgan fingerprint density at radius 2 is 1.76 bits per heavy atom. The van der Waals surface area contributed by atoms with Crippen LogP contribution in [0.25, 0.3) is 0 Å². The number of alkyl halides is 1. The zero-order valence-corrected chi connectivity index (χ0v) is 31.2. The number of aliphatic hydroxyl groups excluding tert-OH is 1. The van der Waals surface area contributed by atoms with Crippen LogP contribution in [-0.2, 0) is 35.2 Å². The number of rotatable bonds is 18. The first-order valence-electron chi connectivity index (χ1n) is 17.9. The summed E-state index contributed by atoms with van der Waals surface area (Å²) in [7, 11) is 1.69. The van der Waals surface area contributed by atoms with Gasteiger partial charge in [0, 0.05) is 44.5 Å². The van der Waals surface area contributed by atoms with E-state index in [0.717, 1.165) is 5.56 Å². The zero-order chi connectivity index (χ0) is 36.7. The molecule has 3 aliphatic heterocycles. The van der Waals surface area contributed by atoms with Crippen LogP contribution in [0.5, 0.6) is 0 Å². The van der Waals surface area contributed by atoms with Gasteiger partial charge in [0.25, 0.3) is 0 Å². The average Bonchev–Trinajstić information content (AvgIpc) is 3.73. The van der Waals surface area contributed by atoms with E-state index in [2.05, 4.69) is 29.1 Å². The molecule has 274 valence electrons. The number of allylic oxidation sites excluding steroid dienone is 1. The predicted octanol–water partition coefficient (Wildman–Crippen LogP) is 5.21. The highest BCUT2D eigenvalue weighted by molar-refractivity contribution is 9.09. The summed E-state index contributed by atoms with van der Waals surface area (Å²) in [6.07, 6.45) is 4.84. The van der Waals surface area contributed by atoms with Gasteiger partial charge in [0.2, 0.25) is 17.7 Å². The van der Waals surface area contributed by atoms with Crippen molar-refractivity contribution in [2.24, 2.45) is 11.8 Å². The Morgan fingerprint density at radius 1 is 1.08 bits per heavy atom. The fraction of sp³-hybridized carbons (Fsp3) is 0.500. The summed E-state index contributed by atoms with van der Waals surface area (Å²) in [5.41, 5.74) is 0.397. The first-order valence-corrected chi connectivity index (χ1v) is 18.8. The third-order valence-electron chi connectivity index (χ3n) is 10.6. The number of fused-ring (bicyclic) bond motifs is 1. The highest BCUT2D eigenvalue weighted by atomic mass is 79.9. The van der Waals surface area contributed by atoms with Crippen molar-refractivity contribution in [3.63, 3.8) is 0 Å². The fourth-order valence-corrected chi connectivity index (χ4v) is 8.92. The van der Waals surface area contributed by atoms with E-state index in [-0.39, 0.29) is 48.7 Å². The molecule has 2 bridgehead atoms. The molecule has 11 heteroatoms. The normalized spacial score (nSPS) is 25.9. The molecular weight excluding hydrogens is 714 g/mol. The summed E-state index contributed by atoms with van der Waals surface area (Å²) in [6, 6.07) is 17.4. The molecule has 2 aromatic carbocycles. The Labute approximate surface area is 309 Å². The summed E-state index contributed by atoms with van der Waals surface area (Å²) < 4.78 is 13.1. The van der Waals surface area contributed by atoms with Crippen molar-refractivity contribution in [3.8, 4) is 0 Å². The Bertz CT molecular complexity index is 1560. The van der Waals surface area contributed by atoms with Crippen LogP contribution in [0.15, 0.2) is 86.0 Å². The molecule has 3 saturated heterocycles. The number of benzene rings is 2. The lowest BCUT2D eigenvalue weighted by Crippen LogP contribution is -2.56. The standard InChI is InChI=1S/C40H50BrN3O7/c1-5-7-21-31(46)42(4)27(3)34(29-19-13-9-14-20-29)50-39(49)32-33-37(47)44(23-15-10-16-24-45)36(40(33)25-30(41)35(32)51-40)38(48)43(22-6-2)26-28-17-11-8-12-18-28/h5-6,8-9,11-14,17-20,27,30,32-36,45H,1-2,7,10,15-16,21-26H2,3-4H3/t27-,30?,32+,33-,34+,35+,36+,40-/m1/s1.